The van der Waals surface area contributed by atoms with Gasteiger partial charge in [-0.25, -0.2) is 4.39 Å². The predicted molar refractivity (Wildman–Crippen MR) is 45.8 cm³/mol. The monoisotopic (exact) mass is 165 g/mol. The maximum atomic E-state index is 13.3. The Hall–Kier alpha value is -1.10. The van der Waals surface area contributed by atoms with Crippen molar-refractivity contribution >= 4 is 0 Å². The Bertz CT molecular complexity index is 272. The van der Waals surface area contributed by atoms with E-state index in [1.165, 1.54) is 6.08 Å². The Morgan fingerprint density at radius 1 is 1.75 bits per heavy atom. The quantitative estimate of drug-likeness (QED) is 0.586. The molecule has 1 aliphatic rings. The summed E-state index contributed by atoms with van der Waals surface area (Å²) >= 11 is 0. The van der Waals surface area contributed by atoms with Gasteiger partial charge in [0.2, 0.25) is 0 Å². The molecule has 2 heteroatoms. The molecule has 12 heavy (non-hydrogen) atoms. The molecule has 0 heterocycles. The van der Waals surface area contributed by atoms with Gasteiger partial charge in [-0.05, 0) is 12.5 Å². The van der Waals surface area contributed by atoms with E-state index in [-0.39, 0.29) is 11.7 Å². The van der Waals surface area contributed by atoms with Gasteiger partial charge in [-0.1, -0.05) is 26.0 Å². The molecule has 0 saturated carbocycles. The van der Waals surface area contributed by atoms with E-state index in [9.17, 15) is 4.39 Å². The van der Waals surface area contributed by atoms with Crippen LogP contribution in [0.15, 0.2) is 24.1 Å². The Morgan fingerprint density at radius 3 is 2.83 bits per heavy atom. The van der Waals surface area contributed by atoms with Gasteiger partial charge >= 0.3 is 0 Å². The molecule has 2 atom stereocenters. The highest BCUT2D eigenvalue weighted by atomic mass is 19.1. The second kappa shape index (κ2) is 3.10. The summed E-state index contributed by atoms with van der Waals surface area (Å²) in [6.45, 7) is 3.69. The molecular weight excluding hydrogens is 153 g/mol. The minimum absolute atomic E-state index is 0.181. The van der Waals surface area contributed by atoms with Crippen LogP contribution in [0.2, 0.25) is 0 Å². The van der Waals surface area contributed by atoms with Crippen molar-refractivity contribution in [1.29, 1.82) is 5.26 Å². The number of halogens is 1. The Kier molecular flexibility index (Phi) is 2.32. The van der Waals surface area contributed by atoms with E-state index in [4.69, 9.17) is 5.26 Å². The normalized spacial score (nSPS) is 34.2. The van der Waals surface area contributed by atoms with Crippen LogP contribution in [0.5, 0.6) is 0 Å². The van der Waals surface area contributed by atoms with Crippen molar-refractivity contribution in [2.45, 2.75) is 20.3 Å². The van der Waals surface area contributed by atoms with Crippen LogP contribution in [-0.4, -0.2) is 0 Å². The van der Waals surface area contributed by atoms with Crippen molar-refractivity contribution < 1.29 is 4.39 Å². The number of hydrogen-bond acceptors (Lipinski definition) is 1. The first-order chi connectivity index (χ1) is 5.65. The first-order valence-corrected chi connectivity index (χ1v) is 4.09. The second-order valence-corrected chi connectivity index (χ2v) is 3.28. The molecule has 0 bridgehead atoms. The third-order valence-electron chi connectivity index (χ3n) is 2.65. The minimum atomic E-state index is -0.608. The van der Waals surface area contributed by atoms with Gasteiger partial charge in [-0.2, -0.15) is 5.26 Å². The van der Waals surface area contributed by atoms with Crippen LogP contribution in [0.1, 0.15) is 20.3 Å². The van der Waals surface area contributed by atoms with E-state index in [2.05, 4.69) is 6.07 Å². The number of allylic oxidation sites excluding steroid dienone is 4. The standard InChI is InChI=1S/C10H12FN/c1-3-10(2)8(7-12)5-4-6-9(10)11/h4-6,8H,3H2,1-2H3. The molecule has 0 aliphatic heterocycles. The van der Waals surface area contributed by atoms with Crippen molar-refractivity contribution in [3.63, 3.8) is 0 Å². The van der Waals surface area contributed by atoms with E-state index in [0.717, 1.165) is 0 Å². The van der Waals surface area contributed by atoms with Gasteiger partial charge in [-0.15, -0.1) is 0 Å². The summed E-state index contributed by atoms with van der Waals surface area (Å²) in [7, 11) is 0. The molecule has 0 aromatic heterocycles. The van der Waals surface area contributed by atoms with Crippen LogP contribution in [0, 0.1) is 22.7 Å². The van der Waals surface area contributed by atoms with Crippen molar-refractivity contribution in [3.05, 3.63) is 24.1 Å². The Labute approximate surface area is 72.2 Å². The zero-order valence-electron chi connectivity index (χ0n) is 7.34. The molecule has 2 unspecified atom stereocenters. The van der Waals surface area contributed by atoms with Crippen molar-refractivity contribution in [3.8, 4) is 6.07 Å². The number of nitrogens with zero attached hydrogens (tertiary/aromatic N) is 1. The largest absolute Gasteiger partial charge is 0.211 e. The summed E-state index contributed by atoms with van der Waals surface area (Å²) in [6, 6.07) is 2.11. The van der Waals surface area contributed by atoms with Crippen LogP contribution >= 0.6 is 0 Å². The summed E-state index contributed by atoms with van der Waals surface area (Å²) in [4.78, 5) is 0. The fourth-order valence-electron chi connectivity index (χ4n) is 1.38. The van der Waals surface area contributed by atoms with Gasteiger partial charge < -0.3 is 0 Å². The lowest BCUT2D eigenvalue weighted by Gasteiger charge is -2.31. The zero-order chi connectivity index (χ0) is 9.19. The van der Waals surface area contributed by atoms with Crippen molar-refractivity contribution in [1.82, 2.24) is 0 Å². The SMILES string of the molecule is CCC1(C)C(F)=CC=CC1C#N. The lowest BCUT2D eigenvalue weighted by molar-refractivity contribution is 0.258. The van der Waals surface area contributed by atoms with Gasteiger partial charge in [-0.3, -0.25) is 0 Å². The summed E-state index contributed by atoms with van der Waals surface area (Å²) in [5, 5.41) is 8.78. The van der Waals surface area contributed by atoms with Crippen LogP contribution in [0.4, 0.5) is 4.39 Å². The van der Waals surface area contributed by atoms with E-state index in [1.807, 2.05) is 6.92 Å². The number of hydrogen-bond donors (Lipinski definition) is 0. The molecular formula is C10H12FN. The lowest BCUT2D eigenvalue weighted by Crippen LogP contribution is -2.26. The number of nitriles is 1. The van der Waals surface area contributed by atoms with Gasteiger partial charge in [0, 0.05) is 5.41 Å². The van der Waals surface area contributed by atoms with Gasteiger partial charge in [0.25, 0.3) is 0 Å². The van der Waals surface area contributed by atoms with Gasteiger partial charge in [0.05, 0.1) is 12.0 Å². The molecule has 1 nitrogen and oxygen atoms in total. The van der Waals surface area contributed by atoms with E-state index >= 15 is 0 Å². The van der Waals surface area contributed by atoms with E-state index < -0.39 is 5.41 Å². The zero-order valence-corrected chi connectivity index (χ0v) is 7.34. The van der Waals surface area contributed by atoms with Crippen LogP contribution in [0.25, 0.3) is 0 Å². The van der Waals surface area contributed by atoms with Crippen LogP contribution in [0.3, 0.4) is 0 Å². The molecule has 0 amide bonds. The van der Waals surface area contributed by atoms with Crippen molar-refractivity contribution in [2.75, 3.05) is 0 Å². The first kappa shape index (κ1) is 8.99. The third kappa shape index (κ3) is 1.16. The first-order valence-electron chi connectivity index (χ1n) is 4.09. The molecule has 1 rings (SSSR count). The average Bonchev–Trinajstić information content (AvgIpc) is 2.10. The molecule has 0 aromatic carbocycles. The highest BCUT2D eigenvalue weighted by Gasteiger charge is 2.36. The van der Waals surface area contributed by atoms with Crippen LogP contribution in [-0.2, 0) is 0 Å². The fraction of sp³-hybridized carbons (Fsp3) is 0.500. The van der Waals surface area contributed by atoms with Gasteiger partial charge in [0.15, 0.2) is 0 Å². The topological polar surface area (TPSA) is 23.8 Å². The third-order valence-corrected chi connectivity index (χ3v) is 2.65. The average molecular weight is 165 g/mol. The fourth-order valence-corrected chi connectivity index (χ4v) is 1.38. The minimum Gasteiger partial charge on any atom is -0.211 e. The smallest absolute Gasteiger partial charge is 0.107 e. The highest BCUT2D eigenvalue weighted by molar-refractivity contribution is 5.27. The van der Waals surface area contributed by atoms with E-state index in [0.29, 0.717) is 6.42 Å². The number of rotatable bonds is 1. The Balaban J connectivity index is 3.03. The summed E-state index contributed by atoms with van der Waals surface area (Å²) in [5.41, 5.74) is -0.608. The maximum Gasteiger partial charge on any atom is 0.107 e. The predicted octanol–water partition coefficient (Wildman–Crippen LogP) is 2.97. The lowest BCUT2D eigenvalue weighted by atomic mass is 9.72. The molecule has 0 spiro atoms. The Morgan fingerprint density at radius 2 is 2.42 bits per heavy atom. The summed E-state index contributed by atoms with van der Waals surface area (Å²) < 4.78 is 13.3. The molecule has 0 saturated heterocycles. The second-order valence-electron chi connectivity index (χ2n) is 3.28. The maximum absolute atomic E-state index is 13.3. The molecule has 0 N–H and O–H groups in total. The molecule has 64 valence electrons. The molecule has 0 radical (unpaired) electrons. The molecule has 0 aromatic rings. The summed E-state index contributed by atoms with van der Waals surface area (Å²) in [5.74, 6) is -0.508. The molecule has 0 fully saturated rings. The molecule has 1 aliphatic carbocycles. The van der Waals surface area contributed by atoms with Crippen LogP contribution < -0.4 is 0 Å². The van der Waals surface area contributed by atoms with Gasteiger partial charge in [0.1, 0.15) is 5.83 Å². The van der Waals surface area contributed by atoms with Crippen molar-refractivity contribution in [2.24, 2.45) is 11.3 Å². The summed E-state index contributed by atoms with van der Waals surface area (Å²) in [6.07, 6.45) is 5.46. The highest BCUT2D eigenvalue weighted by Crippen LogP contribution is 2.42. The van der Waals surface area contributed by atoms with E-state index in [1.54, 1.807) is 19.1 Å².